The van der Waals surface area contributed by atoms with E-state index in [-0.39, 0.29) is 18.0 Å². The van der Waals surface area contributed by atoms with E-state index in [1.807, 2.05) is 18.2 Å². The fourth-order valence-electron chi connectivity index (χ4n) is 5.58. The molecule has 0 unspecified atom stereocenters. The minimum absolute atomic E-state index is 0.0623. The van der Waals surface area contributed by atoms with Crippen LogP contribution in [-0.2, 0) is 25.7 Å². The van der Waals surface area contributed by atoms with Crippen molar-refractivity contribution >= 4 is 33.3 Å². The molecular formula is C34H43ClF3N7O4S. The number of rotatable bonds is 13. The molecule has 16 heteroatoms. The maximum absolute atomic E-state index is 12.5. The highest BCUT2D eigenvalue weighted by Crippen LogP contribution is 2.32. The van der Waals surface area contributed by atoms with Gasteiger partial charge in [0.2, 0.25) is 10.0 Å². The SMILES string of the molecule is N#CC1(CNc2cccc(-c3cc(N)ncc3Cl)n2)CCOCC1.O=S(=O)(NCCOCCNC1CCCCC1)c1ccc(C(F)(F)F)cc1. The summed E-state index contributed by atoms with van der Waals surface area (Å²) in [6, 6.07) is 13.7. The zero-order valence-electron chi connectivity index (χ0n) is 27.6. The first-order valence-electron chi connectivity index (χ1n) is 16.5. The maximum Gasteiger partial charge on any atom is 0.416 e. The highest BCUT2D eigenvalue weighted by molar-refractivity contribution is 7.89. The van der Waals surface area contributed by atoms with E-state index in [1.165, 1.54) is 38.3 Å². The number of nitrogens with two attached hydrogens (primary N) is 1. The number of nitrogens with zero attached hydrogens (tertiary/aromatic N) is 3. The van der Waals surface area contributed by atoms with E-state index in [9.17, 15) is 26.9 Å². The predicted molar refractivity (Wildman–Crippen MR) is 186 cm³/mol. The van der Waals surface area contributed by atoms with E-state index in [0.717, 1.165) is 49.2 Å². The summed E-state index contributed by atoms with van der Waals surface area (Å²) in [5, 5.41) is 16.7. The molecule has 1 aromatic carbocycles. The minimum Gasteiger partial charge on any atom is -0.384 e. The highest BCUT2D eigenvalue weighted by Gasteiger charge is 2.33. The number of halogens is 4. The Bertz CT molecular complexity index is 1660. The molecule has 1 saturated heterocycles. The van der Waals surface area contributed by atoms with E-state index < -0.39 is 27.2 Å². The molecule has 2 aliphatic rings. The van der Waals surface area contributed by atoms with Crippen LogP contribution in [0.4, 0.5) is 24.8 Å². The van der Waals surface area contributed by atoms with Gasteiger partial charge in [-0.2, -0.15) is 18.4 Å². The fourth-order valence-corrected chi connectivity index (χ4v) is 6.80. The Morgan fingerprint density at radius 1 is 1.06 bits per heavy atom. The van der Waals surface area contributed by atoms with Gasteiger partial charge in [-0.1, -0.05) is 36.9 Å². The van der Waals surface area contributed by atoms with Crippen molar-refractivity contribution in [1.82, 2.24) is 20.0 Å². The summed E-state index contributed by atoms with van der Waals surface area (Å²) >= 11 is 6.19. The van der Waals surface area contributed by atoms with Crippen LogP contribution in [-0.4, -0.2) is 70.5 Å². The van der Waals surface area contributed by atoms with Crippen molar-refractivity contribution in [2.45, 2.75) is 62.1 Å². The van der Waals surface area contributed by atoms with Gasteiger partial charge in [-0.25, -0.2) is 23.1 Å². The zero-order valence-corrected chi connectivity index (χ0v) is 29.2. The summed E-state index contributed by atoms with van der Waals surface area (Å²) in [5.41, 5.74) is 5.88. The number of pyridine rings is 2. The summed E-state index contributed by atoms with van der Waals surface area (Å²) < 4.78 is 74.6. The van der Waals surface area contributed by atoms with Gasteiger partial charge in [-0.05, 0) is 68.1 Å². The van der Waals surface area contributed by atoms with E-state index >= 15 is 0 Å². The van der Waals surface area contributed by atoms with Gasteiger partial charge in [0.1, 0.15) is 11.6 Å². The lowest BCUT2D eigenvalue weighted by Crippen LogP contribution is -2.34. The third-order valence-electron chi connectivity index (χ3n) is 8.51. The van der Waals surface area contributed by atoms with Crippen molar-refractivity contribution in [3.05, 3.63) is 65.3 Å². The van der Waals surface area contributed by atoms with Gasteiger partial charge in [0, 0.05) is 50.7 Å². The van der Waals surface area contributed by atoms with Crippen molar-refractivity contribution < 1.29 is 31.1 Å². The number of nitriles is 1. The van der Waals surface area contributed by atoms with Gasteiger partial charge in [0.05, 0.1) is 45.9 Å². The number of aromatic nitrogens is 2. The first-order chi connectivity index (χ1) is 23.9. The number of ether oxygens (including phenoxy) is 2. The van der Waals surface area contributed by atoms with Gasteiger partial charge in [0.25, 0.3) is 0 Å². The molecule has 0 radical (unpaired) electrons. The van der Waals surface area contributed by atoms with Crippen LogP contribution in [0, 0.1) is 16.7 Å². The summed E-state index contributed by atoms with van der Waals surface area (Å²) in [5.74, 6) is 1.08. The molecule has 0 amide bonds. The van der Waals surface area contributed by atoms with Crippen molar-refractivity contribution in [3.8, 4) is 17.3 Å². The molecule has 2 aromatic heterocycles. The maximum atomic E-state index is 12.5. The average molecular weight is 738 g/mol. The summed E-state index contributed by atoms with van der Waals surface area (Å²) in [6.07, 6.45) is 4.66. The highest BCUT2D eigenvalue weighted by atomic mass is 35.5. The Labute approximate surface area is 296 Å². The summed E-state index contributed by atoms with van der Waals surface area (Å²) in [7, 11) is -3.85. The smallest absolute Gasteiger partial charge is 0.384 e. The zero-order chi connectivity index (χ0) is 36.0. The van der Waals surface area contributed by atoms with E-state index in [4.69, 9.17) is 26.8 Å². The van der Waals surface area contributed by atoms with Gasteiger partial charge >= 0.3 is 6.18 Å². The van der Waals surface area contributed by atoms with Crippen LogP contribution < -0.4 is 21.1 Å². The second-order valence-electron chi connectivity index (χ2n) is 12.2. The predicted octanol–water partition coefficient (Wildman–Crippen LogP) is 6.03. The molecule has 1 saturated carbocycles. The summed E-state index contributed by atoms with van der Waals surface area (Å²) in [6.45, 7) is 3.24. The molecule has 5 rings (SSSR count). The van der Waals surface area contributed by atoms with Gasteiger partial charge in [-0.15, -0.1) is 0 Å². The van der Waals surface area contributed by atoms with E-state index in [2.05, 4.69) is 31.4 Å². The van der Waals surface area contributed by atoms with Crippen LogP contribution in [0.15, 0.2) is 59.6 Å². The normalized spacial score (nSPS) is 16.5. The Hall–Kier alpha value is -3.52. The van der Waals surface area contributed by atoms with Gasteiger partial charge < -0.3 is 25.8 Å². The van der Waals surface area contributed by atoms with E-state index in [1.54, 1.807) is 6.07 Å². The summed E-state index contributed by atoms with van der Waals surface area (Å²) in [4.78, 5) is 8.33. The Kier molecular flexibility index (Phi) is 14.6. The Morgan fingerprint density at radius 3 is 2.44 bits per heavy atom. The second-order valence-corrected chi connectivity index (χ2v) is 14.4. The molecule has 3 heterocycles. The number of hydrogen-bond donors (Lipinski definition) is 4. The van der Waals surface area contributed by atoms with Crippen LogP contribution in [0.2, 0.25) is 5.02 Å². The molecule has 1 aliphatic carbocycles. The largest absolute Gasteiger partial charge is 0.416 e. The van der Waals surface area contributed by atoms with Crippen LogP contribution in [0.1, 0.15) is 50.5 Å². The molecule has 0 bridgehead atoms. The molecule has 0 spiro atoms. The number of anilines is 2. The lowest BCUT2D eigenvalue weighted by Gasteiger charge is -2.30. The van der Waals surface area contributed by atoms with E-state index in [0.29, 0.717) is 54.8 Å². The number of nitrogen functional groups attached to an aromatic ring is 1. The van der Waals surface area contributed by atoms with Crippen molar-refractivity contribution in [2.75, 3.05) is 57.1 Å². The topological polar surface area (TPSA) is 164 Å². The lowest BCUT2D eigenvalue weighted by molar-refractivity contribution is -0.137. The second kappa shape index (κ2) is 18.6. The molecular weight excluding hydrogens is 695 g/mol. The molecule has 11 nitrogen and oxygen atoms in total. The molecule has 1 aliphatic heterocycles. The number of sulfonamides is 1. The first-order valence-corrected chi connectivity index (χ1v) is 18.4. The van der Waals surface area contributed by atoms with Crippen LogP contribution in [0.5, 0.6) is 0 Å². The van der Waals surface area contributed by atoms with Crippen molar-refractivity contribution in [1.29, 1.82) is 5.26 Å². The number of hydrogen-bond acceptors (Lipinski definition) is 10. The Balaban J connectivity index is 0.000000225. The van der Waals surface area contributed by atoms with Gasteiger partial charge in [-0.3, -0.25) is 0 Å². The van der Waals surface area contributed by atoms with Crippen molar-refractivity contribution in [3.63, 3.8) is 0 Å². The molecule has 3 aromatic rings. The lowest BCUT2D eigenvalue weighted by atomic mass is 9.82. The van der Waals surface area contributed by atoms with Crippen LogP contribution in [0.3, 0.4) is 0 Å². The quantitative estimate of drug-likeness (QED) is 0.152. The van der Waals surface area contributed by atoms with Gasteiger partial charge in [0.15, 0.2) is 0 Å². The Morgan fingerprint density at radius 2 is 1.76 bits per heavy atom. The number of nitrogens with one attached hydrogen (secondary N) is 3. The number of benzene rings is 1. The molecule has 2 fully saturated rings. The molecule has 50 heavy (non-hydrogen) atoms. The molecule has 5 N–H and O–H groups in total. The van der Waals surface area contributed by atoms with Crippen molar-refractivity contribution in [2.24, 2.45) is 5.41 Å². The monoisotopic (exact) mass is 737 g/mol. The number of alkyl halides is 3. The molecule has 0 atom stereocenters. The fraction of sp³-hybridized carbons (Fsp3) is 0.500. The minimum atomic E-state index is -4.49. The third-order valence-corrected chi connectivity index (χ3v) is 10.3. The van der Waals surface area contributed by atoms with Crippen LogP contribution in [0.25, 0.3) is 11.3 Å². The average Bonchev–Trinajstić information content (AvgIpc) is 3.12. The molecule has 272 valence electrons. The standard InChI is InChI=1S/C17H18ClN5O.C17H25F3N2O3S/c18-13-9-21-15(20)8-12(13)14-2-1-3-16(23-14)22-11-17(10-19)4-6-24-7-5-17;18-17(19,20)14-6-8-16(9-7-14)26(23,24)22-11-13-25-12-10-21-15-4-2-1-3-5-15/h1-3,8-9H,4-7,11H2,(H2,20,21)(H,22,23);6-9,15,21-22H,1-5,10-13H2. The van der Waals surface area contributed by atoms with Crippen LogP contribution >= 0.6 is 11.6 Å². The third kappa shape index (κ3) is 12.1. The first kappa shape index (κ1) is 39.3.